The molecule has 0 N–H and O–H groups in total. The average Bonchev–Trinajstić information content (AvgIpc) is 3.04. The molecule has 1 amide bonds. The Kier molecular flexibility index (Phi) is 4.34. The SMILES string of the molecule is COc1ccc(C2CCCN2C(=O)c2ccccc2Cl)cc1. The van der Waals surface area contributed by atoms with Gasteiger partial charge in [0.15, 0.2) is 0 Å². The van der Waals surface area contributed by atoms with Crippen molar-refractivity contribution >= 4 is 17.5 Å². The Hall–Kier alpha value is -2.00. The van der Waals surface area contributed by atoms with Gasteiger partial charge in [-0.1, -0.05) is 35.9 Å². The lowest BCUT2D eigenvalue weighted by Gasteiger charge is -2.25. The second kappa shape index (κ2) is 6.41. The number of likely N-dealkylation sites (tertiary alicyclic amines) is 1. The Bertz CT molecular complexity index is 669. The summed E-state index contributed by atoms with van der Waals surface area (Å²) < 4.78 is 5.19. The molecule has 1 heterocycles. The van der Waals surface area contributed by atoms with Gasteiger partial charge in [-0.05, 0) is 42.7 Å². The third-order valence-electron chi connectivity index (χ3n) is 4.12. The van der Waals surface area contributed by atoms with Gasteiger partial charge in [-0.25, -0.2) is 0 Å². The topological polar surface area (TPSA) is 29.5 Å². The maximum Gasteiger partial charge on any atom is 0.255 e. The molecule has 22 heavy (non-hydrogen) atoms. The second-order valence-electron chi connectivity index (χ2n) is 5.41. The first-order chi connectivity index (χ1) is 10.7. The lowest BCUT2D eigenvalue weighted by molar-refractivity contribution is 0.0736. The van der Waals surface area contributed by atoms with Crippen molar-refractivity contribution in [2.75, 3.05) is 13.7 Å². The standard InChI is InChI=1S/C18H18ClNO2/c1-22-14-10-8-13(9-11-14)17-7-4-12-20(17)18(21)15-5-2-3-6-16(15)19/h2-3,5-6,8-11,17H,4,7,12H2,1H3. The van der Waals surface area contributed by atoms with Crippen molar-refractivity contribution in [2.45, 2.75) is 18.9 Å². The van der Waals surface area contributed by atoms with Gasteiger partial charge in [0, 0.05) is 6.54 Å². The van der Waals surface area contributed by atoms with Crippen LogP contribution >= 0.6 is 11.6 Å². The Morgan fingerprint density at radius 1 is 1.18 bits per heavy atom. The molecular weight excluding hydrogens is 298 g/mol. The summed E-state index contributed by atoms with van der Waals surface area (Å²) in [6.45, 7) is 0.765. The van der Waals surface area contributed by atoms with Gasteiger partial charge in [-0.2, -0.15) is 0 Å². The van der Waals surface area contributed by atoms with Crippen LogP contribution < -0.4 is 4.74 Å². The van der Waals surface area contributed by atoms with Gasteiger partial charge in [0.25, 0.3) is 5.91 Å². The molecule has 3 rings (SSSR count). The molecule has 1 aliphatic rings. The number of carbonyl (C=O) groups is 1. The zero-order chi connectivity index (χ0) is 15.5. The Balaban J connectivity index is 1.86. The Morgan fingerprint density at radius 2 is 1.91 bits per heavy atom. The minimum absolute atomic E-state index is 0.00363. The molecule has 1 fully saturated rings. The molecule has 2 aromatic rings. The zero-order valence-corrected chi connectivity index (χ0v) is 13.2. The van der Waals surface area contributed by atoms with Crippen LogP contribution in [0.3, 0.4) is 0 Å². The second-order valence-corrected chi connectivity index (χ2v) is 5.82. The van der Waals surface area contributed by atoms with Crippen LogP contribution in [0.4, 0.5) is 0 Å². The molecule has 2 aromatic carbocycles. The lowest BCUT2D eigenvalue weighted by Crippen LogP contribution is -2.30. The first-order valence-electron chi connectivity index (χ1n) is 7.40. The van der Waals surface area contributed by atoms with Gasteiger partial charge in [0.05, 0.1) is 23.7 Å². The van der Waals surface area contributed by atoms with E-state index in [0.29, 0.717) is 10.6 Å². The minimum Gasteiger partial charge on any atom is -0.497 e. The van der Waals surface area contributed by atoms with Crippen LogP contribution in [-0.4, -0.2) is 24.5 Å². The quantitative estimate of drug-likeness (QED) is 0.844. The van der Waals surface area contributed by atoms with Crippen molar-refractivity contribution in [3.8, 4) is 5.75 Å². The van der Waals surface area contributed by atoms with Crippen molar-refractivity contribution in [3.05, 3.63) is 64.7 Å². The number of hydrogen-bond donors (Lipinski definition) is 0. The third-order valence-corrected chi connectivity index (χ3v) is 4.45. The largest absolute Gasteiger partial charge is 0.497 e. The fourth-order valence-corrected chi connectivity index (χ4v) is 3.19. The van der Waals surface area contributed by atoms with E-state index in [0.717, 1.165) is 30.7 Å². The number of hydrogen-bond acceptors (Lipinski definition) is 2. The maximum atomic E-state index is 12.8. The average molecular weight is 316 g/mol. The fraction of sp³-hybridized carbons (Fsp3) is 0.278. The smallest absolute Gasteiger partial charge is 0.255 e. The number of ether oxygens (including phenoxy) is 1. The lowest BCUT2D eigenvalue weighted by atomic mass is 10.0. The van der Waals surface area contributed by atoms with E-state index in [1.54, 1.807) is 19.2 Å². The summed E-state index contributed by atoms with van der Waals surface area (Å²) in [7, 11) is 1.65. The minimum atomic E-state index is 0.00363. The van der Waals surface area contributed by atoms with Crippen LogP contribution in [0.1, 0.15) is 34.8 Å². The van der Waals surface area contributed by atoms with Gasteiger partial charge >= 0.3 is 0 Å². The molecule has 0 radical (unpaired) electrons. The summed E-state index contributed by atoms with van der Waals surface area (Å²) in [5, 5.41) is 0.507. The monoisotopic (exact) mass is 315 g/mol. The summed E-state index contributed by atoms with van der Waals surface area (Å²) in [5.74, 6) is 0.828. The van der Waals surface area contributed by atoms with Gasteiger partial charge in [-0.3, -0.25) is 4.79 Å². The molecular formula is C18H18ClNO2. The molecule has 1 aliphatic heterocycles. The predicted octanol–water partition coefficient (Wildman–Crippen LogP) is 4.33. The van der Waals surface area contributed by atoms with Crippen molar-refractivity contribution < 1.29 is 9.53 Å². The van der Waals surface area contributed by atoms with Gasteiger partial charge < -0.3 is 9.64 Å². The predicted molar refractivity (Wildman–Crippen MR) is 87.5 cm³/mol. The highest BCUT2D eigenvalue weighted by atomic mass is 35.5. The number of benzene rings is 2. The highest BCUT2D eigenvalue weighted by Gasteiger charge is 2.31. The summed E-state index contributed by atoms with van der Waals surface area (Å²) >= 11 is 6.17. The fourth-order valence-electron chi connectivity index (χ4n) is 2.97. The van der Waals surface area contributed by atoms with Gasteiger partial charge in [0.1, 0.15) is 5.75 Å². The highest BCUT2D eigenvalue weighted by molar-refractivity contribution is 6.33. The molecule has 0 aliphatic carbocycles. The van der Waals surface area contributed by atoms with Crippen molar-refractivity contribution in [3.63, 3.8) is 0 Å². The van der Waals surface area contributed by atoms with Crippen LogP contribution in [0.2, 0.25) is 5.02 Å². The number of rotatable bonds is 3. The van der Waals surface area contributed by atoms with Crippen molar-refractivity contribution in [1.82, 2.24) is 4.90 Å². The number of carbonyl (C=O) groups excluding carboxylic acids is 1. The number of amides is 1. The molecule has 0 spiro atoms. The van der Waals surface area contributed by atoms with E-state index in [-0.39, 0.29) is 11.9 Å². The van der Waals surface area contributed by atoms with E-state index < -0.39 is 0 Å². The molecule has 0 bridgehead atoms. The number of halogens is 1. The molecule has 114 valence electrons. The van der Waals surface area contributed by atoms with Crippen LogP contribution in [0, 0.1) is 0 Å². The normalized spacial score (nSPS) is 17.5. The summed E-state index contributed by atoms with van der Waals surface area (Å²) in [6.07, 6.45) is 1.98. The summed E-state index contributed by atoms with van der Waals surface area (Å²) in [6, 6.07) is 15.3. The third kappa shape index (κ3) is 2.81. The van der Waals surface area contributed by atoms with E-state index >= 15 is 0 Å². The molecule has 0 saturated carbocycles. The van der Waals surface area contributed by atoms with Crippen LogP contribution in [0.15, 0.2) is 48.5 Å². The number of methoxy groups -OCH3 is 1. The highest BCUT2D eigenvalue weighted by Crippen LogP contribution is 2.34. The zero-order valence-electron chi connectivity index (χ0n) is 12.5. The van der Waals surface area contributed by atoms with E-state index in [1.807, 2.05) is 41.3 Å². The van der Waals surface area contributed by atoms with Gasteiger partial charge in [-0.15, -0.1) is 0 Å². The van der Waals surface area contributed by atoms with Crippen molar-refractivity contribution in [1.29, 1.82) is 0 Å². The summed E-state index contributed by atoms with van der Waals surface area (Å²) in [5.41, 5.74) is 1.71. The molecule has 3 nitrogen and oxygen atoms in total. The summed E-state index contributed by atoms with van der Waals surface area (Å²) in [4.78, 5) is 14.7. The Morgan fingerprint density at radius 3 is 2.59 bits per heavy atom. The Labute approximate surface area is 135 Å². The van der Waals surface area contributed by atoms with E-state index in [2.05, 4.69) is 0 Å². The molecule has 4 heteroatoms. The van der Waals surface area contributed by atoms with Crippen LogP contribution in [0.25, 0.3) is 0 Å². The maximum absolute atomic E-state index is 12.8. The van der Waals surface area contributed by atoms with Crippen molar-refractivity contribution in [2.24, 2.45) is 0 Å². The van der Waals surface area contributed by atoms with Crippen LogP contribution in [-0.2, 0) is 0 Å². The number of nitrogens with zero attached hydrogens (tertiary/aromatic N) is 1. The first-order valence-corrected chi connectivity index (χ1v) is 7.78. The van der Waals surface area contributed by atoms with E-state index in [4.69, 9.17) is 16.3 Å². The molecule has 1 unspecified atom stereocenters. The molecule has 1 atom stereocenters. The first kappa shape index (κ1) is 14.9. The molecule has 0 aromatic heterocycles. The van der Waals surface area contributed by atoms with Gasteiger partial charge in [0.2, 0.25) is 0 Å². The molecule has 1 saturated heterocycles. The van der Waals surface area contributed by atoms with Crippen LogP contribution in [0.5, 0.6) is 5.75 Å². The van der Waals surface area contributed by atoms with E-state index in [1.165, 1.54) is 0 Å². The van der Waals surface area contributed by atoms with E-state index in [9.17, 15) is 4.79 Å².